The van der Waals surface area contributed by atoms with E-state index in [4.69, 9.17) is 10.5 Å². The summed E-state index contributed by atoms with van der Waals surface area (Å²) in [4.78, 5) is 2.31. The molecule has 0 saturated carbocycles. The quantitative estimate of drug-likeness (QED) is 0.914. The third-order valence-electron chi connectivity index (χ3n) is 3.81. The Morgan fingerprint density at radius 1 is 1.53 bits per heavy atom. The number of anilines is 1. The van der Waals surface area contributed by atoms with E-state index in [0.29, 0.717) is 18.2 Å². The molecule has 1 aliphatic rings. The molecule has 1 aromatic rings. The van der Waals surface area contributed by atoms with E-state index in [1.165, 1.54) is 0 Å². The van der Waals surface area contributed by atoms with Crippen molar-refractivity contribution in [2.24, 2.45) is 5.73 Å². The third kappa shape index (κ3) is 2.90. The molecule has 1 unspecified atom stereocenters. The highest BCUT2D eigenvalue weighted by Crippen LogP contribution is 2.31. The lowest BCUT2D eigenvalue weighted by Gasteiger charge is -2.38. The number of rotatable bonds is 3. The summed E-state index contributed by atoms with van der Waals surface area (Å²) < 4.78 is 19.3. The summed E-state index contributed by atoms with van der Waals surface area (Å²) in [5, 5.41) is 0. The number of hydrogen-bond donors (Lipinski definition) is 1. The lowest BCUT2D eigenvalue weighted by molar-refractivity contribution is 0.0928. The van der Waals surface area contributed by atoms with Gasteiger partial charge in [0.15, 0.2) is 0 Å². The fourth-order valence-corrected chi connectivity index (χ4v) is 2.61. The van der Waals surface area contributed by atoms with Gasteiger partial charge in [0.05, 0.1) is 19.3 Å². The molecule has 0 radical (unpaired) electrons. The second kappa shape index (κ2) is 5.88. The van der Waals surface area contributed by atoms with Gasteiger partial charge in [-0.05, 0) is 43.5 Å². The lowest BCUT2D eigenvalue weighted by atomic mass is 10.0. The topological polar surface area (TPSA) is 38.5 Å². The maximum atomic E-state index is 13.8. The molecule has 2 N–H and O–H groups in total. The van der Waals surface area contributed by atoms with Crippen molar-refractivity contribution >= 4 is 5.69 Å². The van der Waals surface area contributed by atoms with Crippen molar-refractivity contribution < 1.29 is 9.13 Å². The van der Waals surface area contributed by atoms with Crippen LogP contribution in [0.4, 0.5) is 10.1 Å². The Hall–Kier alpha value is -1.13. The van der Waals surface area contributed by atoms with Gasteiger partial charge in [-0.3, -0.25) is 0 Å². The van der Waals surface area contributed by atoms with E-state index in [1.807, 2.05) is 13.0 Å². The lowest BCUT2D eigenvalue weighted by Crippen LogP contribution is -2.45. The van der Waals surface area contributed by atoms with Gasteiger partial charge in [-0.1, -0.05) is 6.92 Å². The summed E-state index contributed by atoms with van der Waals surface area (Å²) in [6, 6.07) is 3.67. The molecule has 1 saturated heterocycles. The predicted octanol–water partition coefficient (Wildman–Crippen LogP) is 2.77. The molecule has 0 amide bonds. The molecule has 1 aromatic carbocycles. The largest absolute Gasteiger partial charge is 0.377 e. The van der Waals surface area contributed by atoms with Crippen molar-refractivity contribution in [3.8, 4) is 0 Å². The SMILES string of the molecule is CCC1COCCN1c1cc(C)c(F)cc1[C@@H](C)N. The Morgan fingerprint density at radius 2 is 2.26 bits per heavy atom. The maximum absolute atomic E-state index is 13.8. The second-order valence-electron chi connectivity index (χ2n) is 5.28. The van der Waals surface area contributed by atoms with Gasteiger partial charge in [0.1, 0.15) is 5.82 Å². The minimum atomic E-state index is -0.183. The number of aryl methyl sites for hydroxylation is 1. The fourth-order valence-electron chi connectivity index (χ4n) is 2.61. The van der Waals surface area contributed by atoms with Gasteiger partial charge in [0, 0.05) is 18.3 Å². The van der Waals surface area contributed by atoms with Crippen molar-refractivity contribution in [2.45, 2.75) is 39.3 Å². The molecular formula is C15H23FN2O. The number of benzene rings is 1. The summed E-state index contributed by atoms with van der Waals surface area (Å²) in [7, 11) is 0. The monoisotopic (exact) mass is 266 g/mol. The van der Waals surface area contributed by atoms with Crippen LogP contribution in [0.15, 0.2) is 12.1 Å². The Bertz CT molecular complexity index is 448. The molecular weight excluding hydrogens is 243 g/mol. The fraction of sp³-hybridized carbons (Fsp3) is 0.600. The van der Waals surface area contributed by atoms with Crippen LogP contribution >= 0.6 is 0 Å². The molecule has 1 fully saturated rings. The van der Waals surface area contributed by atoms with Gasteiger partial charge < -0.3 is 15.4 Å². The van der Waals surface area contributed by atoms with Gasteiger partial charge in [-0.25, -0.2) is 4.39 Å². The van der Waals surface area contributed by atoms with Crippen LogP contribution in [0.5, 0.6) is 0 Å². The van der Waals surface area contributed by atoms with E-state index in [-0.39, 0.29) is 11.9 Å². The highest BCUT2D eigenvalue weighted by Gasteiger charge is 2.25. The molecule has 1 aliphatic heterocycles. The number of ether oxygens (including phenoxy) is 1. The van der Waals surface area contributed by atoms with Crippen molar-refractivity contribution in [1.82, 2.24) is 0 Å². The number of halogens is 1. The number of morpholine rings is 1. The number of nitrogens with two attached hydrogens (primary N) is 1. The first-order chi connectivity index (χ1) is 9.04. The zero-order valence-electron chi connectivity index (χ0n) is 11.9. The molecule has 2 atom stereocenters. The Kier molecular flexibility index (Phi) is 4.42. The Balaban J connectivity index is 2.44. The van der Waals surface area contributed by atoms with Crippen LogP contribution in [-0.2, 0) is 4.74 Å². The zero-order chi connectivity index (χ0) is 14.0. The van der Waals surface area contributed by atoms with Gasteiger partial charge in [0.25, 0.3) is 0 Å². The van der Waals surface area contributed by atoms with Crippen LogP contribution in [0.2, 0.25) is 0 Å². The number of nitrogens with zero attached hydrogens (tertiary/aromatic N) is 1. The summed E-state index contributed by atoms with van der Waals surface area (Å²) in [5.41, 5.74) is 8.61. The van der Waals surface area contributed by atoms with Crippen LogP contribution in [0.25, 0.3) is 0 Å². The van der Waals surface area contributed by atoms with Gasteiger partial charge in [-0.15, -0.1) is 0 Å². The van der Waals surface area contributed by atoms with Crippen molar-refractivity contribution in [1.29, 1.82) is 0 Å². The van der Waals surface area contributed by atoms with Gasteiger partial charge in [0.2, 0.25) is 0 Å². The minimum Gasteiger partial charge on any atom is -0.377 e. The van der Waals surface area contributed by atoms with Crippen molar-refractivity contribution in [3.05, 3.63) is 29.1 Å². The molecule has 19 heavy (non-hydrogen) atoms. The predicted molar refractivity (Wildman–Crippen MR) is 76.0 cm³/mol. The van der Waals surface area contributed by atoms with Crippen LogP contribution < -0.4 is 10.6 Å². The van der Waals surface area contributed by atoms with Crippen molar-refractivity contribution in [2.75, 3.05) is 24.7 Å². The summed E-state index contributed by atoms with van der Waals surface area (Å²) in [6.07, 6.45) is 1.01. The summed E-state index contributed by atoms with van der Waals surface area (Å²) in [5.74, 6) is -0.183. The average Bonchev–Trinajstić information content (AvgIpc) is 2.41. The Morgan fingerprint density at radius 3 is 2.89 bits per heavy atom. The highest BCUT2D eigenvalue weighted by molar-refractivity contribution is 5.58. The van der Waals surface area contributed by atoms with Crippen LogP contribution in [0, 0.1) is 12.7 Å². The van der Waals surface area contributed by atoms with E-state index >= 15 is 0 Å². The van der Waals surface area contributed by atoms with Gasteiger partial charge in [-0.2, -0.15) is 0 Å². The van der Waals surface area contributed by atoms with Crippen LogP contribution in [-0.4, -0.2) is 25.8 Å². The molecule has 2 rings (SSSR count). The smallest absolute Gasteiger partial charge is 0.126 e. The molecule has 4 heteroatoms. The first-order valence-corrected chi connectivity index (χ1v) is 6.94. The number of hydrogen-bond acceptors (Lipinski definition) is 3. The van der Waals surface area contributed by atoms with E-state index in [1.54, 1.807) is 13.0 Å². The highest BCUT2D eigenvalue weighted by atomic mass is 19.1. The van der Waals surface area contributed by atoms with Crippen LogP contribution in [0.1, 0.15) is 37.4 Å². The molecule has 3 nitrogen and oxygen atoms in total. The van der Waals surface area contributed by atoms with Crippen molar-refractivity contribution in [3.63, 3.8) is 0 Å². The Labute approximate surface area is 114 Å². The third-order valence-corrected chi connectivity index (χ3v) is 3.81. The van der Waals surface area contributed by atoms with E-state index in [2.05, 4.69) is 11.8 Å². The normalized spacial score (nSPS) is 21.5. The molecule has 106 valence electrons. The van der Waals surface area contributed by atoms with Crippen LogP contribution in [0.3, 0.4) is 0 Å². The summed E-state index contributed by atoms with van der Waals surface area (Å²) in [6.45, 7) is 8.12. The van der Waals surface area contributed by atoms with E-state index < -0.39 is 0 Å². The first-order valence-electron chi connectivity index (χ1n) is 6.94. The maximum Gasteiger partial charge on any atom is 0.126 e. The average molecular weight is 266 g/mol. The minimum absolute atomic E-state index is 0.176. The molecule has 0 spiro atoms. The summed E-state index contributed by atoms with van der Waals surface area (Å²) >= 11 is 0. The first kappa shape index (κ1) is 14.3. The second-order valence-corrected chi connectivity index (χ2v) is 5.28. The van der Waals surface area contributed by atoms with Gasteiger partial charge >= 0.3 is 0 Å². The zero-order valence-corrected chi connectivity index (χ0v) is 11.9. The molecule has 0 aliphatic carbocycles. The molecule has 0 bridgehead atoms. The standard InChI is InChI=1S/C15H23FN2O/c1-4-12-9-19-6-5-18(12)15-7-10(2)14(16)8-13(15)11(3)17/h7-8,11-12H,4-6,9,17H2,1-3H3/t11-,12?/m1/s1. The van der Waals surface area contributed by atoms with E-state index in [9.17, 15) is 4.39 Å². The molecule has 0 aromatic heterocycles. The molecule has 1 heterocycles. The van der Waals surface area contributed by atoms with E-state index in [0.717, 1.165) is 30.8 Å².